The monoisotopic (exact) mass is 499 g/mol. The summed E-state index contributed by atoms with van der Waals surface area (Å²) in [7, 11) is 0. The molecule has 3 N–H and O–H groups in total. The molecule has 2 aromatic heterocycles. The normalized spacial score (nSPS) is 14.9. The van der Waals surface area contributed by atoms with Crippen molar-refractivity contribution in [3.63, 3.8) is 0 Å². The van der Waals surface area contributed by atoms with Crippen LogP contribution in [0, 0.1) is 24.6 Å². The van der Waals surface area contributed by atoms with Gasteiger partial charge in [-0.05, 0) is 82.4 Å². The number of nitrogens with zero attached hydrogens (tertiary/aromatic N) is 3. The standard InChI is InChI=1S/C29H30FN5O2/c1-19-21(12-13-29(2,3)34-14-6-7-15-34)18-35(33-19)28(37)32-27(23-17-22(30)10-11-26(23)36)25-16-20-8-4-5-9-24(20)31-25/h4-5,8-11,16-18,27,31,36H,6-7,14-15H2,1-3H3,(H,32,37). The number of H-pyrrole nitrogens is 1. The molecule has 190 valence electrons. The first-order valence-electron chi connectivity index (χ1n) is 12.4. The highest BCUT2D eigenvalue weighted by atomic mass is 19.1. The second kappa shape index (κ2) is 9.75. The Morgan fingerprint density at radius 1 is 1.19 bits per heavy atom. The number of aromatic amines is 1. The fourth-order valence-electron chi connectivity index (χ4n) is 4.78. The molecule has 37 heavy (non-hydrogen) atoms. The minimum Gasteiger partial charge on any atom is -0.508 e. The van der Waals surface area contributed by atoms with Crippen LogP contribution in [0.25, 0.3) is 10.9 Å². The smallest absolute Gasteiger partial charge is 0.342 e. The number of rotatable bonds is 4. The van der Waals surface area contributed by atoms with Gasteiger partial charge in [0.25, 0.3) is 0 Å². The molecule has 0 bridgehead atoms. The molecule has 1 saturated heterocycles. The van der Waals surface area contributed by atoms with Crippen molar-refractivity contribution in [3.8, 4) is 17.6 Å². The Hall–Kier alpha value is -4.09. The SMILES string of the molecule is Cc1nn(C(=O)NC(c2cc3ccccc3[nH]2)c2cc(F)ccc2O)cc1C#CC(C)(C)N1CCCC1. The summed E-state index contributed by atoms with van der Waals surface area (Å²) < 4.78 is 15.4. The van der Waals surface area contributed by atoms with Crippen molar-refractivity contribution < 1.29 is 14.3 Å². The lowest BCUT2D eigenvalue weighted by atomic mass is 10.0. The molecule has 0 aliphatic carbocycles. The first-order valence-corrected chi connectivity index (χ1v) is 12.4. The maximum atomic E-state index is 14.2. The fraction of sp³-hybridized carbons (Fsp3) is 0.310. The summed E-state index contributed by atoms with van der Waals surface area (Å²) in [5.74, 6) is 5.90. The number of phenols is 1. The summed E-state index contributed by atoms with van der Waals surface area (Å²) in [5.41, 5.74) is 2.72. The number of nitrogens with one attached hydrogen (secondary N) is 2. The number of carbonyl (C=O) groups excluding carboxylic acids is 1. The van der Waals surface area contributed by atoms with Crippen molar-refractivity contribution in [2.75, 3.05) is 13.1 Å². The van der Waals surface area contributed by atoms with Gasteiger partial charge in [-0.15, -0.1) is 0 Å². The van der Waals surface area contributed by atoms with Gasteiger partial charge in [-0.25, -0.2) is 9.18 Å². The van der Waals surface area contributed by atoms with Crippen molar-refractivity contribution in [1.29, 1.82) is 0 Å². The molecule has 0 radical (unpaired) electrons. The first-order chi connectivity index (χ1) is 17.7. The molecule has 1 unspecified atom stereocenters. The molecule has 1 aliphatic rings. The number of aromatic hydroxyl groups is 1. The van der Waals surface area contributed by atoms with E-state index in [-0.39, 0.29) is 16.9 Å². The van der Waals surface area contributed by atoms with E-state index in [9.17, 15) is 14.3 Å². The molecule has 3 heterocycles. The fourth-order valence-corrected chi connectivity index (χ4v) is 4.78. The van der Waals surface area contributed by atoms with Gasteiger partial charge < -0.3 is 15.4 Å². The Morgan fingerprint density at radius 3 is 2.70 bits per heavy atom. The largest absolute Gasteiger partial charge is 0.508 e. The summed E-state index contributed by atoms with van der Waals surface area (Å²) in [4.78, 5) is 19.0. The van der Waals surface area contributed by atoms with E-state index in [0.717, 1.165) is 24.0 Å². The maximum absolute atomic E-state index is 14.2. The van der Waals surface area contributed by atoms with Crippen LogP contribution in [0.5, 0.6) is 5.75 Å². The second-order valence-electron chi connectivity index (χ2n) is 9.97. The number of likely N-dealkylation sites (tertiary alicyclic amines) is 1. The lowest BCUT2D eigenvalue weighted by Crippen LogP contribution is -2.40. The number of aryl methyl sites for hydroxylation is 1. The van der Waals surface area contributed by atoms with Crippen molar-refractivity contribution >= 4 is 16.9 Å². The minimum atomic E-state index is -0.844. The van der Waals surface area contributed by atoms with Crippen LogP contribution >= 0.6 is 0 Å². The van der Waals surface area contributed by atoms with Gasteiger partial charge >= 0.3 is 6.03 Å². The van der Waals surface area contributed by atoms with Gasteiger partial charge in [-0.3, -0.25) is 4.90 Å². The van der Waals surface area contributed by atoms with Gasteiger partial charge in [-0.1, -0.05) is 30.0 Å². The van der Waals surface area contributed by atoms with Crippen LogP contribution in [0.1, 0.15) is 55.2 Å². The molecule has 1 atom stereocenters. The highest BCUT2D eigenvalue weighted by molar-refractivity contribution is 5.82. The number of phenolic OH excluding ortho intramolecular Hbond substituents is 1. The molecule has 7 nitrogen and oxygen atoms in total. The van der Waals surface area contributed by atoms with Crippen LogP contribution < -0.4 is 5.32 Å². The number of carbonyl (C=O) groups is 1. The molecule has 8 heteroatoms. The highest BCUT2D eigenvalue weighted by Crippen LogP contribution is 2.31. The molecule has 1 aliphatic heterocycles. The predicted molar refractivity (Wildman–Crippen MR) is 141 cm³/mol. The molecule has 1 amide bonds. The van der Waals surface area contributed by atoms with Gasteiger partial charge in [0.15, 0.2) is 0 Å². The molecule has 4 aromatic rings. The molecule has 1 fully saturated rings. The number of benzene rings is 2. The number of aromatic nitrogens is 3. The van der Waals surface area contributed by atoms with E-state index in [1.807, 2.05) is 37.3 Å². The van der Waals surface area contributed by atoms with Crippen LogP contribution in [0.3, 0.4) is 0 Å². The Morgan fingerprint density at radius 2 is 1.95 bits per heavy atom. The van der Waals surface area contributed by atoms with E-state index in [0.29, 0.717) is 17.0 Å². The predicted octanol–water partition coefficient (Wildman–Crippen LogP) is 5.09. The second-order valence-corrected chi connectivity index (χ2v) is 9.97. The third-order valence-electron chi connectivity index (χ3n) is 6.94. The molecular weight excluding hydrogens is 469 g/mol. The van der Waals surface area contributed by atoms with Gasteiger partial charge in [-0.2, -0.15) is 9.78 Å². The average molecular weight is 500 g/mol. The highest BCUT2D eigenvalue weighted by Gasteiger charge is 2.27. The molecule has 5 rings (SSSR count). The third-order valence-corrected chi connectivity index (χ3v) is 6.94. The topological polar surface area (TPSA) is 86.2 Å². The maximum Gasteiger partial charge on any atom is 0.342 e. The number of fused-ring (bicyclic) bond motifs is 1. The van der Waals surface area contributed by atoms with Crippen LogP contribution in [0.4, 0.5) is 9.18 Å². The van der Waals surface area contributed by atoms with E-state index < -0.39 is 17.9 Å². The summed E-state index contributed by atoms with van der Waals surface area (Å²) in [5, 5.41) is 18.7. The van der Waals surface area contributed by atoms with Crippen molar-refractivity contribution in [2.24, 2.45) is 0 Å². The van der Waals surface area contributed by atoms with Gasteiger partial charge in [0, 0.05) is 16.8 Å². The van der Waals surface area contributed by atoms with E-state index in [1.54, 1.807) is 6.20 Å². The lowest BCUT2D eigenvalue weighted by molar-refractivity contribution is 0.214. The number of amides is 1. The van der Waals surface area contributed by atoms with E-state index >= 15 is 0 Å². The Labute approximate surface area is 215 Å². The zero-order valence-corrected chi connectivity index (χ0v) is 21.2. The quantitative estimate of drug-likeness (QED) is 0.342. The number of hydrogen-bond donors (Lipinski definition) is 3. The molecule has 0 saturated carbocycles. The molecule has 0 spiro atoms. The van der Waals surface area contributed by atoms with Crippen LogP contribution in [-0.4, -0.2) is 49.4 Å². The van der Waals surface area contributed by atoms with Crippen molar-refractivity contribution in [3.05, 3.63) is 83.1 Å². The molecule has 2 aromatic carbocycles. The van der Waals surface area contributed by atoms with E-state index in [4.69, 9.17) is 0 Å². The summed E-state index contributed by atoms with van der Waals surface area (Å²) >= 11 is 0. The number of para-hydroxylation sites is 1. The van der Waals surface area contributed by atoms with E-state index in [2.05, 4.69) is 46.0 Å². The number of hydrogen-bond acceptors (Lipinski definition) is 4. The van der Waals surface area contributed by atoms with Gasteiger partial charge in [0.05, 0.1) is 29.0 Å². The van der Waals surface area contributed by atoms with Gasteiger partial charge in [0.1, 0.15) is 11.6 Å². The molecular formula is C29H30FN5O2. The van der Waals surface area contributed by atoms with Crippen LogP contribution in [-0.2, 0) is 0 Å². The minimum absolute atomic E-state index is 0.127. The summed E-state index contributed by atoms with van der Waals surface area (Å²) in [6.45, 7) is 8.08. The first kappa shape index (κ1) is 24.6. The zero-order chi connectivity index (χ0) is 26.2. The Balaban J connectivity index is 1.45. The zero-order valence-electron chi connectivity index (χ0n) is 21.2. The summed E-state index contributed by atoms with van der Waals surface area (Å²) in [6, 6.07) is 11.8. The Kier molecular flexibility index (Phi) is 6.48. The third kappa shape index (κ3) is 5.09. The van der Waals surface area contributed by atoms with Crippen LogP contribution in [0.15, 0.2) is 54.7 Å². The average Bonchev–Trinajstić information content (AvgIpc) is 3.63. The van der Waals surface area contributed by atoms with Gasteiger partial charge in [0.2, 0.25) is 0 Å². The van der Waals surface area contributed by atoms with Crippen molar-refractivity contribution in [1.82, 2.24) is 25.0 Å². The summed E-state index contributed by atoms with van der Waals surface area (Å²) in [6.07, 6.45) is 3.97. The van der Waals surface area contributed by atoms with E-state index in [1.165, 1.54) is 35.7 Å². The van der Waals surface area contributed by atoms with Crippen molar-refractivity contribution in [2.45, 2.75) is 45.2 Å². The lowest BCUT2D eigenvalue weighted by Gasteiger charge is -2.30. The number of halogens is 1. The van der Waals surface area contributed by atoms with Crippen LogP contribution in [0.2, 0.25) is 0 Å². The Bertz CT molecular complexity index is 1490.